The van der Waals surface area contributed by atoms with E-state index in [1.165, 1.54) is 0 Å². The van der Waals surface area contributed by atoms with Crippen LogP contribution in [-0.2, 0) is 0 Å². The molecule has 1 unspecified atom stereocenters. The molecule has 21 heavy (non-hydrogen) atoms. The molecule has 1 aromatic rings. The van der Waals surface area contributed by atoms with Gasteiger partial charge in [0, 0.05) is 37.4 Å². The van der Waals surface area contributed by atoms with Gasteiger partial charge in [-0.2, -0.15) is 0 Å². The van der Waals surface area contributed by atoms with Gasteiger partial charge in [-0.3, -0.25) is 4.79 Å². The highest BCUT2D eigenvalue weighted by Gasteiger charge is 2.37. The molecule has 0 aliphatic carbocycles. The predicted octanol–water partition coefficient (Wildman–Crippen LogP) is 0.849. The van der Waals surface area contributed by atoms with Crippen LogP contribution in [0.3, 0.4) is 0 Å². The number of nitrogens with two attached hydrogens (primary N) is 1. The minimum atomic E-state index is -0.0257. The van der Waals surface area contributed by atoms with Gasteiger partial charge in [-0.1, -0.05) is 6.07 Å². The Kier molecular flexibility index (Phi) is 4.27. The third-order valence-corrected chi connectivity index (χ3v) is 4.01. The second-order valence-electron chi connectivity index (χ2n) is 5.36. The summed E-state index contributed by atoms with van der Waals surface area (Å²) in [6.45, 7) is 4.24. The van der Waals surface area contributed by atoms with Gasteiger partial charge >= 0.3 is 6.03 Å². The fourth-order valence-corrected chi connectivity index (χ4v) is 2.83. The van der Waals surface area contributed by atoms with Crippen molar-refractivity contribution in [1.82, 2.24) is 15.1 Å². The zero-order chi connectivity index (χ0) is 14.3. The van der Waals surface area contributed by atoms with Crippen molar-refractivity contribution in [2.24, 2.45) is 0 Å². The molecular formula is C14H19ClN4O2. The lowest BCUT2D eigenvalue weighted by atomic mass is 10.1. The Bertz CT molecular complexity index is 578. The van der Waals surface area contributed by atoms with Gasteiger partial charge in [0.15, 0.2) is 0 Å². The van der Waals surface area contributed by atoms with Crippen LogP contribution in [0.4, 0.5) is 10.5 Å². The van der Waals surface area contributed by atoms with E-state index in [1.807, 2.05) is 17.9 Å². The molecule has 114 valence electrons. The number of carbonyl (C=O) groups is 2. The number of hydrogen-bond donors (Lipinski definition) is 2. The molecule has 1 atom stereocenters. The normalized spacial score (nSPS) is 20.6. The summed E-state index contributed by atoms with van der Waals surface area (Å²) in [6, 6.07) is 5.44. The highest BCUT2D eigenvalue weighted by Crippen LogP contribution is 2.19. The number of piperazine rings is 1. The Hall–Kier alpha value is -1.95. The number of hydrogen-bond acceptors (Lipinski definition) is 3. The molecule has 3 amide bonds. The van der Waals surface area contributed by atoms with E-state index in [-0.39, 0.29) is 30.4 Å². The van der Waals surface area contributed by atoms with Crippen LogP contribution < -0.4 is 11.1 Å². The van der Waals surface area contributed by atoms with E-state index in [1.54, 1.807) is 17.0 Å². The van der Waals surface area contributed by atoms with E-state index >= 15 is 0 Å². The molecule has 2 fully saturated rings. The number of amides is 3. The number of fused-ring (bicyclic) bond motifs is 1. The zero-order valence-corrected chi connectivity index (χ0v) is 12.7. The number of benzene rings is 1. The number of nitrogens with zero attached hydrogens (tertiary/aromatic N) is 2. The van der Waals surface area contributed by atoms with Crippen LogP contribution in [0.5, 0.6) is 0 Å². The molecule has 2 aliphatic heterocycles. The van der Waals surface area contributed by atoms with Gasteiger partial charge in [0.05, 0.1) is 6.04 Å². The van der Waals surface area contributed by atoms with Crippen LogP contribution >= 0.6 is 12.4 Å². The first kappa shape index (κ1) is 15.4. The smallest absolute Gasteiger partial charge is 0.317 e. The summed E-state index contributed by atoms with van der Waals surface area (Å²) in [5.74, 6) is -0.00574. The highest BCUT2D eigenvalue weighted by molar-refractivity contribution is 5.96. The molecule has 0 saturated carbocycles. The van der Waals surface area contributed by atoms with Crippen LogP contribution in [0.15, 0.2) is 18.2 Å². The van der Waals surface area contributed by atoms with E-state index in [0.717, 1.165) is 5.56 Å². The first-order valence-electron chi connectivity index (χ1n) is 6.76. The van der Waals surface area contributed by atoms with Gasteiger partial charge in [0.25, 0.3) is 5.91 Å². The molecule has 7 heteroatoms. The average molecular weight is 311 g/mol. The van der Waals surface area contributed by atoms with Gasteiger partial charge in [-0.15, -0.1) is 12.4 Å². The SMILES string of the molecule is Cc1ccc(N)cc1C(=O)N1CCN2C(=O)NCC2C1.Cl. The topological polar surface area (TPSA) is 78.7 Å². The van der Waals surface area contributed by atoms with Crippen LogP contribution in [0.25, 0.3) is 0 Å². The van der Waals surface area contributed by atoms with Crippen LogP contribution in [0, 0.1) is 6.92 Å². The summed E-state index contributed by atoms with van der Waals surface area (Å²) in [4.78, 5) is 27.7. The molecule has 0 bridgehead atoms. The van der Waals surface area contributed by atoms with E-state index in [0.29, 0.717) is 37.4 Å². The third kappa shape index (κ3) is 2.76. The molecule has 2 saturated heterocycles. The lowest BCUT2D eigenvalue weighted by Gasteiger charge is -2.36. The monoisotopic (exact) mass is 310 g/mol. The molecule has 6 nitrogen and oxygen atoms in total. The minimum absolute atomic E-state index is 0. The van der Waals surface area contributed by atoms with Crippen molar-refractivity contribution in [2.75, 3.05) is 31.9 Å². The Labute approximate surface area is 129 Å². The zero-order valence-electron chi connectivity index (χ0n) is 11.8. The van der Waals surface area contributed by atoms with Gasteiger partial charge < -0.3 is 20.9 Å². The predicted molar refractivity (Wildman–Crippen MR) is 82.6 cm³/mol. The van der Waals surface area contributed by atoms with E-state index < -0.39 is 0 Å². The number of halogens is 1. The molecule has 0 spiro atoms. The number of urea groups is 1. The van der Waals surface area contributed by atoms with Crippen molar-refractivity contribution < 1.29 is 9.59 Å². The van der Waals surface area contributed by atoms with E-state index in [4.69, 9.17) is 5.73 Å². The standard InChI is InChI=1S/C14H18N4O2.ClH/c1-9-2-3-10(15)6-12(9)13(19)17-4-5-18-11(8-17)7-16-14(18)20;/h2-3,6,11H,4-5,7-8,15H2,1H3,(H,16,20);1H. The van der Waals surface area contributed by atoms with Crippen molar-refractivity contribution in [1.29, 1.82) is 0 Å². The van der Waals surface area contributed by atoms with E-state index in [2.05, 4.69) is 5.32 Å². The quantitative estimate of drug-likeness (QED) is 0.755. The largest absolute Gasteiger partial charge is 0.399 e. The summed E-state index contributed by atoms with van der Waals surface area (Å²) in [7, 11) is 0. The maximum absolute atomic E-state index is 12.6. The number of nitrogen functional groups attached to an aromatic ring is 1. The molecule has 3 rings (SSSR count). The summed E-state index contributed by atoms with van der Waals surface area (Å²) in [6.07, 6.45) is 0. The van der Waals surface area contributed by atoms with Crippen LogP contribution in [0.1, 0.15) is 15.9 Å². The molecule has 0 aromatic heterocycles. The highest BCUT2D eigenvalue weighted by atomic mass is 35.5. The minimum Gasteiger partial charge on any atom is -0.399 e. The number of nitrogens with one attached hydrogen (secondary N) is 1. The van der Waals surface area contributed by atoms with Crippen molar-refractivity contribution in [2.45, 2.75) is 13.0 Å². The Morgan fingerprint density at radius 2 is 2.14 bits per heavy atom. The molecule has 0 radical (unpaired) electrons. The Morgan fingerprint density at radius 1 is 1.38 bits per heavy atom. The van der Waals surface area contributed by atoms with Gasteiger partial charge in [0.1, 0.15) is 0 Å². The van der Waals surface area contributed by atoms with Crippen molar-refractivity contribution in [3.05, 3.63) is 29.3 Å². The molecular weight excluding hydrogens is 292 g/mol. The summed E-state index contributed by atoms with van der Waals surface area (Å²) in [5, 5.41) is 2.81. The molecule has 2 aliphatic rings. The number of aryl methyl sites for hydroxylation is 1. The lowest BCUT2D eigenvalue weighted by Crippen LogP contribution is -2.53. The van der Waals surface area contributed by atoms with Gasteiger partial charge in [0.2, 0.25) is 0 Å². The Morgan fingerprint density at radius 3 is 2.90 bits per heavy atom. The lowest BCUT2D eigenvalue weighted by molar-refractivity contribution is 0.0616. The summed E-state index contributed by atoms with van der Waals surface area (Å²) >= 11 is 0. The first-order valence-corrected chi connectivity index (χ1v) is 6.76. The van der Waals surface area contributed by atoms with Crippen molar-refractivity contribution in [3.8, 4) is 0 Å². The Balaban J connectivity index is 0.00000161. The molecule has 2 heterocycles. The van der Waals surface area contributed by atoms with Crippen molar-refractivity contribution in [3.63, 3.8) is 0 Å². The summed E-state index contributed by atoms with van der Waals surface area (Å²) in [5.41, 5.74) is 7.93. The number of anilines is 1. The second-order valence-corrected chi connectivity index (χ2v) is 5.36. The van der Waals surface area contributed by atoms with Gasteiger partial charge in [-0.25, -0.2) is 4.79 Å². The maximum atomic E-state index is 12.6. The van der Waals surface area contributed by atoms with Crippen molar-refractivity contribution >= 4 is 30.0 Å². The summed E-state index contributed by atoms with van der Waals surface area (Å²) < 4.78 is 0. The van der Waals surface area contributed by atoms with E-state index in [9.17, 15) is 9.59 Å². The average Bonchev–Trinajstić information content (AvgIpc) is 2.82. The third-order valence-electron chi connectivity index (χ3n) is 4.01. The van der Waals surface area contributed by atoms with Crippen LogP contribution in [0.2, 0.25) is 0 Å². The van der Waals surface area contributed by atoms with Gasteiger partial charge in [-0.05, 0) is 24.6 Å². The fourth-order valence-electron chi connectivity index (χ4n) is 2.83. The number of carbonyl (C=O) groups excluding carboxylic acids is 2. The molecule has 1 aromatic carbocycles. The molecule has 3 N–H and O–H groups in total. The fraction of sp³-hybridized carbons (Fsp3) is 0.429. The second kappa shape index (κ2) is 5.81. The first-order chi connectivity index (χ1) is 9.56. The number of rotatable bonds is 1. The maximum Gasteiger partial charge on any atom is 0.317 e. The van der Waals surface area contributed by atoms with Crippen LogP contribution in [-0.4, -0.2) is 54.0 Å².